The van der Waals surface area contributed by atoms with Crippen LogP contribution in [-0.2, 0) is 0 Å². The van der Waals surface area contributed by atoms with E-state index in [1.54, 1.807) is 12.1 Å². The molecule has 0 aromatic carbocycles. The Morgan fingerprint density at radius 2 is 2.27 bits per heavy atom. The average Bonchev–Trinajstić information content (AvgIpc) is 2.59. The minimum absolute atomic E-state index is 0.0972. The van der Waals surface area contributed by atoms with Crippen molar-refractivity contribution in [3.63, 3.8) is 0 Å². The van der Waals surface area contributed by atoms with Crippen LogP contribution in [0.25, 0.3) is 5.65 Å². The number of amides is 1. The number of halogens is 1. The molecule has 0 aliphatic rings. The minimum atomic E-state index is -1.15. The van der Waals surface area contributed by atoms with Crippen LogP contribution in [0, 0.1) is 0 Å². The molecule has 0 saturated heterocycles. The van der Waals surface area contributed by atoms with E-state index >= 15 is 0 Å². The number of aromatic nitrogens is 4. The second kappa shape index (κ2) is 3.35. The first-order valence-corrected chi connectivity index (χ1v) is 4.32. The predicted molar refractivity (Wildman–Crippen MR) is 52.2 cm³/mol. The third-order valence-corrected chi connectivity index (χ3v) is 2.00. The maximum atomic E-state index is 10.7. The summed E-state index contributed by atoms with van der Waals surface area (Å²) in [5.41, 5.74) is 0.433. The lowest BCUT2D eigenvalue weighted by Crippen LogP contribution is -2.26. The largest absolute Gasteiger partial charge is 0.465 e. The van der Waals surface area contributed by atoms with Gasteiger partial charge in [-0.3, -0.25) is 0 Å². The molecule has 1 N–H and O–H groups in total. The van der Waals surface area contributed by atoms with E-state index in [4.69, 9.17) is 16.7 Å². The lowest BCUT2D eigenvalue weighted by Gasteiger charge is -2.08. The molecule has 0 aliphatic heterocycles. The zero-order valence-corrected chi connectivity index (χ0v) is 8.38. The zero-order valence-electron chi connectivity index (χ0n) is 7.62. The van der Waals surface area contributed by atoms with E-state index in [1.807, 2.05) is 0 Å². The molecule has 0 saturated carbocycles. The number of hydrogen-bond donors (Lipinski definition) is 1. The molecule has 15 heavy (non-hydrogen) atoms. The summed E-state index contributed by atoms with van der Waals surface area (Å²) in [7, 11) is 1.35. The molecule has 0 unspecified atom stereocenters. The van der Waals surface area contributed by atoms with Gasteiger partial charge in [-0.2, -0.15) is 9.61 Å². The van der Waals surface area contributed by atoms with Crippen LogP contribution in [0.3, 0.4) is 0 Å². The Morgan fingerprint density at radius 1 is 1.53 bits per heavy atom. The summed E-state index contributed by atoms with van der Waals surface area (Å²) in [6.45, 7) is 0. The molecule has 78 valence electrons. The second-order valence-corrected chi connectivity index (χ2v) is 3.15. The van der Waals surface area contributed by atoms with E-state index in [-0.39, 0.29) is 11.1 Å². The van der Waals surface area contributed by atoms with Gasteiger partial charge in [0.05, 0.1) is 0 Å². The maximum Gasteiger partial charge on any atom is 0.414 e. The Labute approximate surface area is 88.9 Å². The number of carbonyl (C=O) groups is 1. The molecule has 8 heteroatoms. The number of fused-ring (bicyclic) bond motifs is 1. The monoisotopic (exact) mass is 227 g/mol. The van der Waals surface area contributed by atoms with Crippen LogP contribution in [0.4, 0.5) is 10.7 Å². The van der Waals surface area contributed by atoms with Crippen molar-refractivity contribution in [1.82, 2.24) is 19.8 Å². The van der Waals surface area contributed by atoms with Crippen molar-refractivity contribution in [3.8, 4) is 0 Å². The fourth-order valence-corrected chi connectivity index (χ4v) is 1.19. The standard InChI is InChI=1S/C7H6ClN5O2/c1-12(7(14)15)6-10-9-5-3-2-4(8)11-13(5)6/h2-3H,1H3,(H,14,15). The van der Waals surface area contributed by atoms with Crippen molar-refractivity contribution in [2.75, 3.05) is 11.9 Å². The van der Waals surface area contributed by atoms with Crippen molar-refractivity contribution in [1.29, 1.82) is 0 Å². The summed E-state index contributed by atoms with van der Waals surface area (Å²) in [5, 5.41) is 20.3. The normalized spacial score (nSPS) is 10.5. The Morgan fingerprint density at radius 3 is 2.93 bits per heavy atom. The Balaban J connectivity index is 2.61. The fourth-order valence-electron chi connectivity index (χ4n) is 1.05. The molecule has 7 nitrogen and oxygen atoms in total. The van der Waals surface area contributed by atoms with Gasteiger partial charge in [0.1, 0.15) is 5.15 Å². The zero-order chi connectivity index (χ0) is 11.0. The first-order valence-electron chi connectivity index (χ1n) is 3.94. The average molecular weight is 228 g/mol. The Bertz CT molecular complexity index is 525. The molecule has 0 aliphatic carbocycles. The van der Waals surface area contributed by atoms with E-state index in [9.17, 15) is 4.79 Å². The molecule has 2 aromatic heterocycles. The predicted octanol–water partition coefficient (Wildman–Crippen LogP) is 0.892. The van der Waals surface area contributed by atoms with Gasteiger partial charge in [0.2, 0.25) is 0 Å². The number of nitrogens with zero attached hydrogens (tertiary/aromatic N) is 5. The molecule has 0 radical (unpaired) electrons. The van der Waals surface area contributed by atoms with Gasteiger partial charge >= 0.3 is 6.09 Å². The summed E-state index contributed by atoms with van der Waals surface area (Å²) in [5.74, 6) is 0.0972. The number of anilines is 1. The molecule has 0 atom stereocenters. The summed E-state index contributed by atoms with van der Waals surface area (Å²) in [6, 6.07) is 3.15. The molecule has 1 amide bonds. The van der Waals surface area contributed by atoms with Crippen molar-refractivity contribution >= 4 is 29.3 Å². The number of carboxylic acid groups (broad SMARTS) is 1. The molecule has 0 bridgehead atoms. The first kappa shape index (κ1) is 9.66. The van der Waals surface area contributed by atoms with Crippen LogP contribution in [0.2, 0.25) is 5.15 Å². The van der Waals surface area contributed by atoms with E-state index < -0.39 is 6.09 Å². The van der Waals surface area contributed by atoms with Gasteiger partial charge in [0, 0.05) is 7.05 Å². The van der Waals surface area contributed by atoms with Crippen LogP contribution in [0.15, 0.2) is 12.1 Å². The highest BCUT2D eigenvalue weighted by atomic mass is 35.5. The Hall–Kier alpha value is -1.89. The van der Waals surface area contributed by atoms with E-state index in [1.165, 1.54) is 11.6 Å². The summed E-state index contributed by atoms with van der Waals surface area (Å²) in [4.78, 5) is 11.6. The van der Waals surface area contributed by atoms with E-state index in [2.05, 4.69) is 15.3 Å². The topological polar surface area (TPSA) is 83.6 Å². The van der Waals surface area contributed by atoms with Crippen molar-refractivity contribution in [3.05, 3.63) is 17.3 Å². The maximum absolute atomic E-state index is 10.7. The molecule has 2 heterocycles. The third-order valence-electron chi connectivity index (χ3n) is 1.80. The minimum Gasteiger partial charge on any atom is -0.465 e. The van der Waals surface area contributed by atoms with Crippen molar-refractivity contribution in [2.24, 2.45) is 0 Å². The highest BCUT2D eigenvalue weighted by molar-refractivity contribution is 6.29. The summed E-state index contributed by atoms with van der Waals surface area (Å²) in [6.07, 6.45) is -1.15. The van der Waals surface area contributed by atoms with Crippen LogP contribution in [-0.4, -0.2) is 38.1 Å². The van der Waals surface area contributed by atoms with Gasteiger partial charge in [-0.15, -0.1) is 10.2 Å². The van der Waals surface area contributed by atoms with Crippen molar-refractivity contribution < 1.29 is 9.90 Å². The van der Waals surface area contributed by atoms with Crippen molar-refractivity contribution in [2.45, 2.75) is 0 Å². The van der Waals surface area contributed by atoms with Gasteiger partial charge in [-0.05, 0) is 12.1 Å². The van der Waals surface area contributed by atoms with Crippen LogP contribution in [0.1, 0.15) is 0 Å². The summed E-state index contributed by atoms with van der Waals surface area (Å²) >= 11 is 5.68. The molecular formula is C7H6ClN5O2. The van der Waals surface area contributed by atoms with Gasteiger partial charge in [-0.25, -0.2) is 9.69 Å². The van der Waals surface area contributed by atoms with Crippen LogP contribution >= 0.6 is 11.6 Å². The lowest BCUT2D eigenvalue weighted by atomic mass is 10.6. The van der Waals surface area contributed by atoms with E-state index in [0.29, 0.717) is 5.65 Å². The molecule has 0 spiro atoms. The number of rotatable bonds is 1. The quantitative estimate of drug-likeness (QED) is 0.782. The SMILES string of the molecule is CN(C(=O)O)c1nnc2ccc(Cl)nn12. The highest BCUT2D eigenvalue weighted by Gasteiger charge is 2.16. The molecule has 2 rings (SSSR count). The van der Waals surface area contributed by atoms with Crippen LogP contribution in [0.5, 0.6) is 0 Å². The van der Waals surface area contributed by atoms with E-state index in [0.717, 1.165) is 4.90 Å². The third kappa shape index (κ3) is 1.57. The summed E-state index contributed by atoms with van der Waals surface area (Å²) < 4.78 is 1.26. The first-order chi connectivity index (χ1) is 7.09. The van der Waals surface area contributed by atoms with Gasteiger partial charge in [0.15, 0.2) is 5.65 Å². The lowest BCUT2D eigenvalue weighted by molar-refractivity contribution is 0.203. The molecule has 0 fully saturated rings. The van der Waals surface area contributed by atoms with Gasteiger partial charge in [-0.1, -0.05) is 11.6 Å². The second-order valence-electron chi connectivity index (χ2n) is 2.77. The fraction of sp³-hybridized carbons (Fsp3) is 0.143. The van der Waals surface area contributed by atoms with Gasteiger partial charge in [0.25, 0.3) is 5.95 Å². The Kier molecular flexibility index (Phi) is 2.16. The molecule has 2 aromatic rings. The number of hydrogen-bond acceptors (Lipinski definition) is 4. The smallest absolute Gasteiger partial charge is 0.414 e. The van der Waals surface area contributed by atoms with Gasteiger partial charge < -0.3 is 5.11 Å². The molecular weight excluding hydrogens is 222 g/mol. The highest BCUT2D eigenvalue weighted by Crippen LogP contribution is 2.12. The van der Waals surface area contributed by atoms with Crippen LogP contribution < -0.4 is 4.90 Å².